The maximum atomic E-state index is 13.1. The fourth-order valence-electron chi connectivity index (χ4n) is 5.02. The Balaban J connectivity index is 1.14. The second-order valence-corrected chi connectivity index (χ2v) is 10.4. The highest BCUT2D eigenvalue weighted by Crippen LogP contribution is 2.48. The Hall–Kier alpha value is -2.51. The van der Waals surface area contributed by atoms with Crippen LogP contribution in [0.25, 0.3) is 0 Å². The van der Waals surface area contributed by atoms with Crippen LogP contribution in [0.3, 0.4) is 0 Å². The maximum absolute atomic E-state index is 13.1. The minimum Gasteiger partial charge on any atom is -0.493 e. The number of nitrogens with zero attached hydrogens (tertiary/aromatic N) is 1. The molecule has 1 aliphatic heterocycles. The Labute approximate surface area is 204 Å². The monoisotopic (exact) mass is 486 g/mol. The minimum atomic E-state index is -2.59. The molecule has 188 valence electrons. The second kappa shape index (κ2) is 9.51. The molecule has 2 N–H and O–H groups in total. The van der Waals surface area contributed by atoms with Crippen LogP contribution in [-0.2, 0) is 13.1 Å². The summed E-state index contributed by atoms with van der Waals surface area (Å²) in [6.45, 7) is 8.07. The molecule has 1 heterocycles. The number of halogens is 3. The first-order valence-corrected chi connectivity index (χ1v) is 12.4. The molecule has 7 heteroatoms. The number of allylic oxidation sites excluding steroid dienone is 1. The smallest absolute Gasteiger partial charge is 0.255 e. The zero-order chi connectivity index (χ0) is 24.7. The van der Waals surface area contributed by atoms with Crippen LogP contribution in [0.2, 0.25) is 0 Å². The number of benzene rings is 2. The van der Waals surface area contributed by atoms with Crippen molar-refractivity contribution in [2.24, 2.45) is 11.8 Å². The number of ether oxygens (including phenoxy) is 1. The highest BCUT2D eigenvalue weighted by Gasteiger charge is 2.57. The van der Waals surface area contributed by atoms with Crippen molar-refractivity contribution in [3.8, 4) is 5.75 Å². The van der Waals surface area contributed by atoms with Gasteiger partial charge in [-0.25, -0.2) is 13.2 Å². The van der Waals surface area contributed by atoms with Crippen LogP contribution in [0.4, 0.5) is 13.2 Å². The average Bonchev–Trinajstić information content (AvgIpc) is 3.42. The Bertz CT molecular complexity index is 1070. The summed E-state index contributed by atoms with van der Waals surface area (Å²) < 4.78 is 44.8. The van der Waals surface area contributed by atoms with Gasteiger partial charge in [0.15, 0.2) is 0 Å². The third kappa shape index (κ3) is 5.51. The number of nitrogens with one attached hydrogen (secondary N) is 1. The van der Waals surface area contributed by atoms with Gasteiger partial charge in [-0.2, -0.15) is 0 Å². The van der Waals surface area contributed by atoms with Crippen LogP contribution in [0, 0.1) is 11.8 Å². The van der Waals surface area contributed by atoms with Crippen molar-refractivity contribution < 1.29 is 23.0 Å². The first-order chi connectivity index (χ1) is 16.7. The van der Waals surface area contributed by atoms with E-state index in [4.69, 9.17) is 4.74 Å². The molecule has 5 rings (SSSR count). The Morgan fingerprint density at radius 2 is 1.94 bits per heavy atom. The van der Waals surface area contributed by atoms with Crippen molar-refractivity contribution in [3.63, 3.8) is 0 Å². The molecule has 2 saturated carbocycles. The molecule has 3 atom stereocenters. The fourth-order valence-corrected chi connectivity index (χ4v) is 5.02. The van der Waals surface area contributed by atoms with Crippen molar-refractivity contribution in [2.45, 2.75) is 63.5 Å². The quantitative estimate of drug-likeness (QED) is 0.479. The van der Waals surface area contributed by atoms with Crippen LogP contribution in [0.15, 0.2) is 54.7 Å². The largest absolute Gasteiger partial charge is 0.493 e. The molecule has 0 spiro atoms. The fraction of sp³-hybridized carbons (Fsp3) is 0.500. The van der Waals surface area contributed by atoms with E-state index < -0.39 is 24.1 Å². The van der Waals surface area contributed by atoms with Crippen molar-refractivity contribution >= 4 is 0 Å². The summed E-state index contributed by atoms with van der Waals surface area (Å²) >= 11 is 0. The zero-order valence-corrected chi connectivity index (χ0v) is 20.0. The van der Waals surface area contributed by atoms with Gasteiger partial charge in [0.05, 0.1) is 18.6 Å². The molecule has 4 nitrogen and oxygen atoms in total. The summed E-state index contributed by atoms with van der Waals surface area (Å²) in [5.41, 5.74) is 5.04. The molecule has 0 aromatic heterocycles. The van der Waals surface area contributed by atoms with E-state index in [0.717, 1.165) is 28.0 Å². The molecule has 2 unspecified atom stereocenters. The molecule has 0 radical (unpaired) electrons. The highest BCUT2D eigenvalue weighted by atomic mass is 19.3. The van der Waals surface area contributed by atoms with Gasteiger partial charge in [-0.3, -0.25) is 4.90 Å². The predicted molar refractivity (Wildman–Crippen MR) is 129 cm³/mol. The van der Waals surface area contributed by atoms with Gasteiger partial charge in [0.2, 0.25) is 0 Å². The Morgan fingerprint density at radius 1 is 1.23 bits per heavy atom. The van der Waals surface area contributed by atoms with Crippen molar-refractivity contribution in [3.05, 3.63) is 77.0 Å². The van der Waals surface area contributed by atoms with Crippen LogP contribution < -0.4 is 10.1 Å². The van der Waals surface area contributed by atoms with Gasteiger partial charge in [0.1, 0.15) is 11.9 Å². The summed E-state index contributed by atoms with van der Waals surface area (Å²) in [6, 6.07) is 14.0. The van der Waals surface area contributed by atoms with Crippen LogP contribution in [0.1, 0.15) is 60.6 Å². The topological polar surface area (TPSA) is 44.7 Å². The first-order valence-electron chi connectivity index (χ1n) is 12.4. The lowest BCUT2D eigenvalue weighted by Gasteiger charge is -2.33. The summed E-state index contributed by atoms with van der Waals surface area (Å²) in [5, 5.41) is 14.1. The molecule has 2 aromatic carbocycles. The summed E-state index contributed by atoms with van der Waals surface area (Å²) in [6.07, 6.45) is -0.323. The molecule has 0 saturated heterocycles. The van der Waals surface area contributed by atoms with Crippen LogP contribution in [-0.4, -0.2) is 35.3 Å². The number of aliphatic hydroxyl groups is 1. The SMILES string of the molecule is C=C(N[C@@H](C)c1ccc(CN2Cc3ccc(OCC4CC4(F)F)cc3C(O)C2)cc1)C1CC(F)C1. The number of β-amino-alcohol motifs (C(OH)–C–C–N with tert-alkyl or cyclic N) is 1. The van der Waals surface area contributed by atoms with Crippen molar-refractivity contribution in [2.75, 3.05) is 13.2 Å². The van der Waals surface area contributed by atoms with E-state index in [2.05, 4.69) is 48.0 Å². The molecular weight excluding hydrogens is 453 g/mol. The van der Waals surface area contributed by atoms with Gasteiger partial charge >= 0.3 is 0 Å². The summed E-state index contributed by atoms with van der Waals surface area (Å²) in [4.78, 5) is 2.20. The average molecular weight is 487 g/mol. The molecule has 35 heavy (non-hydrogen) atoms. The van der Waals surface area contributed by atoms with E-state index in [9.17, 15) is 18.3 Å². The molecule has 2 fully saturated rings. The lowest BCUT2D eigenvalue weighted by Crippen LogP contribution is -2.33. The molecule has 0 bridgehead atoms. The Kier molecular flexibility index (Phi) is 6.57. The van der Waals surface area contributed by atoms with E-state index in [1.165, 1.54) is 0 Å². The van der Waals surface area contributed by atoms with Gasteiger partial charge in [0.25, 0.3) is 5.92 Å². The van der Waals surface area contributed by atoms with E-state index in [-0.39, 0.29) is 25.0 Å². The zero-order valence-electron chi connectivity index (χ0n) is 20.0. The van der Waals surface area contributed by atoms with Gasteiger partial charge in [-0.05, 0) is 54.2 Å². The maximum Gasteiger partial charge on any atom is 0.255 e. The van der Waals surface area contributed by atoms with Gasteiger partial charge in [-0.1, -0.05) is 36.9 Å². The third-order valence-corrected chi connectivity index (χ3v) is 7.57. The minimum absolute atomic E-state index is 0.00488. The lowest BCUT2D eigenvalue weighted by atomic mass is 9.81. The van der Waals surface area contributed by atoms with E-state index >= 15 is 0 Å². The Morgan fingerprint density at radius 3 is 2.60 bits per heavy atom. The third-order valence-electron chi connectivity index (χ3n) is 7.57. The molecular formula is C28H33F3N2O2. The predicted octanol–water partition coefficient (Wildman–Crippen LogP) is 5.68. The number of hydrogen-bond donors (Lipinski definition) is 2. The van der Waals surface area contributed by atoms with E-state index in [1.807, 2.05) is 6.07 Å². The van der Waals surface area contributed by atoms with Crippen LogP contribution in [0.5, 0.6) is 5.75 Å². The number of aliphatic hydroxyl groups excluding tert-OH is 1. The normalized spacial score (nSPS) is 27.9. The number of hydrogen-bond acceptors (Lipinski definition) is 4. The van der Waals surface area contributed by atoms with Gasteiger partial charge < -0.3 is 15.2 Å². The number of alkyl halides is 3. The molecule has 2 aliphatic carbocycles. The van der Waals surface area contributed by atoms with Crippen molar-refractivity contribution in [1.29, 1.82) is 0 Å². The van der Waals surface area contributed by atoms with Gasteiger partial charge in [-0.15, -0.1) is 0 Å². The first kappa shape index (κ1) is 24.2. The molecule has 3 aliphatic rings. The molecule has 0 amide bonds. The van der Waals surface area contributed by atoms with E-state index in [1.54, 1.807) is 12.1 Å². The second-order valence-electron chi connectivity index (χ2n) is 10.4. The summed E-state index contributed by atoms with van der Waals surface area (Å²) in [5.74, 6) is -2.53. The number of rotatable bonds is 9. The van der Waals surface area contributed by atoms with E-state index in [0.29, 0.717) is 38.2 Å². The standard InChI is InChI=1S/C28H33F3N2O2/c1-17(32-18(2)22-9-24(29)10-22)20-5-3-19(4-6-20)13-33-14-21-7-8-25(11-26(21)27(34)15-33)35-16-23-12-28(23,30)31/h3-8,11,17,22-24,27,32,34H,2,9-10,12-16H2,1H3/t17-,22?,23?,24?,27?/m0/s1. The highest BCUT2D eigenvalue weighted by molar-refractivity contribution is 5.39. The summed E-state index contributed by atoms with van der Waals surface area (Å²) in [7, 11) is 0. The molecule has 2 aromatic rings. The van der Waals surface area contributed by atoms with Gasteiger partial charge in [0, 0.05) is 43.7 Å². The van der Waals surface area contributed by atoms with Crippen molar-refractivity contribution in [1.82, 2.24) is 10.2 Å². The lowest BCUT2D eigenvalue weighted by molar-refractivity contribution is 0.0834. The number of fused-ring (bicyclic) bond motifs is 1. The van der Waals surface area contributed by atoms with Crippen LogP contribution >= 0.6 is 0 Å².